The third kappa shape index (κ3) is 4.92. The van der Waals surface area contributed by atoms with E-state index in [1.807, 2.05) is 52.0 Å². The van der Waals surface area contributed by atoms with Crippen molar-refractivity contribution in [2.75, 3.05) is 26.4 Å². The summed E-state index contributed by atoms with van der Waals surface area (Å²) in [5.41, 5.74) is 0. The van der Waals surface area contributed by atoms with Crippen molar-refractivity contribution in [1.29, 1.82) is 0 Å². The molecule has 4 nitrogen and oxygen atoms in total. The molecule has 2 rings (SSSR count). The van der Waals surface area contributed by atoms with Gasteiger partial charge in [-0.05, 0) is 50.2 Å². The average Bonchev–Trinajstić information content (AvgIpc) is 2.61. The number of hydrogen-bond acceptors (Lipinski definition) is 4. The lowest BCUT2D eigenvalue weighted by molar-refractivity contribution is 0.289. The third-order valence-electron chi connectivity index (χ3n) is 3.68. The van der Waals surface area contributed by atoms with Crippen molar-refractivity contribution in [3.05, 3.63) is 36.4 Å². The number of hydrogen-bond donors (Lipinski definition) is 0. The maximum Gasteiger partial charge on any atom is 0.161 e. The Labute approximate surface area is 152 Å². The van der Waals surface area contributed by atoms with Gasteiger partial charge in [-0.3, -0.25) is 0 Å². The molecule has 0 atom stereocenters. The van der Waals surface area contributed by atoms with Gasteiger partial charge in [0.1, 0.15) is 0 Å². The van der Waals surface area contributed by atoms with E-state index in [2.05, 4.69) is 12.1 Å². The van der Waals surface area contributed by atoms with E-state index >= 15 is 0 Å². The summed E-state index contributed by atoms with van der Waals surface area (Å²) < 4.78 is 23.3. The molecule has 0 aliphatic rings. The van der Waals surface area contributed by atoms with Crippen molar-refractivity contribution in [3.63, 3.8) is 0 Å². The molecule has 0 aromatic heterocycles. The minimum absolute atomic E-state index is 0.614. The van der Waals surface area contributed by atoms with Gasteiger partial charge in [-0.15, -0.1) is 0 Å². The fourth-order valence-corrected chi connectivity index (χ4v) is 4.55. The molecule has 0 spiro atoms. The standard InChI is InChI=1S/C20H28O4Si/c1-5-21-15-11-9-13-17(19(15)23-7-3)25-18-14-10-12-16(22-6-2)20(18)24-8-4/h9-14H,5-8,25H2,1-4H3. The van der Waals surface area contributed by atoms with Gasteiger partial charge in [0.2, 0.25) is 0 Å². The minimum Gasteiger partial charge on any atom is -0.490 e. The van der Waals surface area contributed by atoms with E-state index in [4.69, 9.17) is 18.9 Å². The zero-order valence-electron chi connectivity index (χ0n) is 15.6. The maximum atomic E-state index is 5.91. The molecule has 2 aromatic carbocycles. The second kappa shape index (κ2) is 9.99. The Balaban J connectivity index is 2.42. The smallest absolute Gasteiger partial charge is 0.161 e. The van der Waals surface area contributed by atoms with E-state index in [1.165, 1.54) is 10.4 Å². The highest BCUT2D eigenvalue weighted by Crippen LogP contribution is 2.27. The summed E-state index contributed by atoms with van der Waals surface area (Å²) in [5, 5.41) is 2.42. The van der Waals surface area contributed by atoms with E-state index in [9.17, 15) is 0 Å². The Morgan fingerprint density at radius 1 is 0.600 bits per heavy atom. The quantitative estimate of drug-likeness (QED) is 0.610. The average molecular weight is 361 g/mol. The van der Waals surface area contributed by atoms with E-state index < -0.39 is 9.52 Å². The summed E-state index contributed by atoms with van der Waals surface area (Å²) in [5.74, 6) is 3.35. The monoisotopic (exact) mass is 360 g/mol. The first kappa shape index (κ1) is 19.2. The summed E-state index contributed by atoms with van der Waals surface area (Å²) in [6, 6.07) is 12.2. The highest BCUT2D eigenvalue weighted by Gasteiger charge is 2.16. The van der Waals surface area contributed by atoms with Crippen LogP contribution in [0.3, 0.4) is 0 Å². The molecule has 0 N–H and O–H groups in total. The Morgan fingerprint density at radius 2 is 1.00 bits per heavy atom. The summed E-state index contributed by atoms with van der Waals surface area (Å²) in [6.45, 7) is 10.4. The van der Waals surface area contributed by atoms with Gasteiger partial charge in [0.05, 0.1) is 35.9 Å². The van der Waals surface area contributed by atoms with Crippen molar-refractivity contribution in [3.8, 4) is 23.0 Å². The Kier molecular flexibility index (Phi) is 7.66. The van der Waals surface area contributed by atoms with Crippen LogP contribution in [0.15, 0.2) is 36.4 Å². The first-order valence-electron chi connectivity index (χ1n) is 8.99. The molecule has 0 unspecified atom stereocenters. The molecule has 2 aromatic rings. The number of rotatable bonds is 10. The lowest BCUT2D eigenvalue weighted by Gasteiger charge is -2.18. The van der Waals surface area contributed by atoms with Crippen molar-refractivity contribution < 1.29 is 18.9 Å². The van der Waals surface area contributed by atoms with Crippen molar-refractivity contribution in [2.45, 2.75) is 27.7 Å². The number of ether oxygens (including phenoxy) is 4. The lowest BCUT2D eigenvalue weighted by atomic mass is 10.3. The van der Waals surface area contributed by atoms with Gasteiger partial charge in [0, 0.05) is 0 Å². The molecule has 0 aliphatic carbocycles. The second-order valence-electron chi connectivity index (χ2n) is 5.40. The molecule has 136 valence electrons. The molecule has 0 bridgehead atoms. The van der Waals surface area contributed by atoms with E-state index in [0.29, 0.717) is 26.4 Å². The molecule has 0 heterocycles. The predicted molar refractivity (Wildman–Crippen MR) is 105 cm³/mol. The normalized spacial score (nSPS) is 10.4. The van der Waals surface area contributed by atoms with Gasteiger partial charge in [0.25, 0.3) is 0 Å². The first-order valence-corrected chi connectivity index (χ1v) is 10.4. The molecule has 0 fully saturated rings. The lowest BCUT2D eigenvalue weighted by Crippen LogP contribution is -2.30. The van der Waals surface area contributed by atoms with Gasteiger partial charge in [-0.1, -0.05) is 24.3 Å². The highest BCUT2D eigenvalue weighted by atomic mass is 28.2. The molecule has 25 heavy (non-hydrogen) atoms. The topological polar surface area (TPSA) is 36.9 Å². The summed E-state index contributed by atoms with van der Waals surface area (Å²) in [4.78, 5) is 0. The van der Waals surface area contributed by atoms with Crippen LogP contribution in [0.25, 0.3) is 0 Å². The van der Waals surface area contributed by atoms with E-state index in [-0.39, 0.29) is 0 Å². The Morgan fingerprint density at radius 3 is 1.36 bits per heavy atom. The Hall–Kier alpha value is -2.14. The molecule has 0 amide bonds. The van der Waals surface area contributed by atoms with Crippen LogP contribution in [-0.2, 0) is 0 Å². The zero-order valence-corrected chi connectivity index (χ0v) is 17.0. The van der Waals surface area contributed by atoms with Crippen molar-refractivity contribution in [1.82, 2.24) is 0 Å². The molecular formula is C20H28O4Si. The zero-order chi connectivity index (χ0) is 18.1. The third-order valence-corrected chi connectivity index (χ3v) is 5.55. The van der Waals surface area contributed by atoms with Crippen LogP contribution in [0.4, 0.5) is 0 Å². The minimum atomic E-state index is -0.819. The first-order chi connectivity index (χ1) is 12.2. The van der Waals surface area contributed by atoms with Gasteiger partial charge in [-0.2, -0.15) is 0 Å². The van der Waals surface area contributed by atoms with Crippen LogP contribution in [0.2, 0.25) is 0 Å². The van der Waals surface area contributed by atoms with E-state index in [0.717, 1.165) is 23.0 Å². The highest BCUT2D eigenvalue weighted by molar-refractivity contribution is 6.69. The fourth-order valence-electron chi connectivity index (χ4n) is 2.76. The van der Waals surface area contributed by atoms with Crippen LogP contribution < -0.4 is 29.3 Å². The van der Waals surface area contributed by atoms with Crippen LogP contribution in [0, 0.1) is 0 Å². The summed E-state index contributed by atoms with van der Waals surface area (Å²) in [7, 11) is -0.819. The largest absolute Gasteiger partial charge is 0.490 e. The molecule has 0 saturated carbocycles. The Bertz CT molecular complexity index is 615. The van der Waals surface area contributed by atoms with Gasteiger partial charge in [-0.25, -0.2) is 0 Å². The SMILES string of the molecule is CCOc1cccc([SiH2]c2cccc(OCC)c2OCC)c1OCC. The van der Waals surface area contributed by atoms with E-state index in [1.54, 1.807) is 0 Å². The van der Waals surface area contributed by atoms with Crippen molar-refractivity contribution in [2.24, 2.45) is 0 Å². The predicted octanol–water partition coefficient (Wildman–Crippen LogP) is 2.40. The van der Waals surface area contributed by atoms with Crippen LogP contribution in [0.5, 0.6) is 23.0 Å². The molecule has 0 saturated heterocycles. The summed E-state index contributed by atoms with van der Waals surface area (Å²) >= 11 is 0. The van der Waals surface area contributed by atoms with Crippen molar-refractivity contribution >= 4 is 19.9 Å². The molecule has 5 heteroatoms. The molecule has 0 radical (unpaired) electrons. The molecule has 0 aliphatic heterocycles. The maximum absolute atomic E-state index is 5.91. The fraction of sp³-hybridized carbons (Fsp3) is 0.400. The summed E-state index contributed by atoms with van der Waals surface area (Å²) in [6.07, 6.45) is 0. The number of para-hydroxylation sites is 2. The second-order valence-corrected chi connectivity index (χ2v) is 7.27. The van der Waals surface area contributed by atoms with Crippen LogP contribution in [-0.4, -0.2) is 35.9 Å². The van der Waals surface area contributed by atoms with Gasteiger partial charge in [0.15, 0.2) is 23.0 Å². The van der Waals surface area contributed by atoms with Gasteiger partial charge >= 0.3 is 0 Å². The van der Waals surface area contributed by atoms with Crippen LogP contribution in [0.1, 0.15) is 27.7 Å². The van der Waals surface area contributed by atoms with Crippen LogP contribution >= 0.6 is 0 Å². The number of benzene rings is 2. The van der Waals surface area contributed by atoms with Gasteiger partial charge < -0.3 is 18.9 Å². The molecular weight excluding hydrogens is 332 g/mol.